The van der Waals surface area contributed by atoms with Gasteiger partial charge in [-0.3, -0.25) is 0 Å². The largest absolute Gasteiger partial charge is 0.367 e. The Labute approximate surface area is 115 Å². The van der Waals surface area contributed by atoms with Gasteiger partial charge < -0.3 is 4.98 Å². The zero-order chi connectivity index (χ0) is 14.0. The van der Waals surface area contributed by atoms with Gasteiger partial charge in [0.2, 0.25) is 0 Å². The monoisotopic (exact) mass is 252 g/mol. The van der Waals surface area contributed by atoms with Gasteiger partial charge in [-0.25, -0.2) is 0 Å². The zero-order valence-corrected chi connectivity index (χ0v) is 12.0. The van der Waals surface area contributed by atoms with Crippen LogP contribution in [0, 0.1) is 18.3 Å². The molecule has 1 heterocycles. The van der Waals surface area contributed by atoms with Gasteiger partial charge in [0.25, 0.3) is 0 Å². The maximum atomic E-state index is 9.51. The van der Waals surface area contributed by atoms with Crippen LogP contribution in [0.1, 0.15) is 48.9 Å². The molecular formula is C17H20N2. The van der Waals surface area contributed by atoms with Crippen LogP contribution in [0.25, 0.3) is 0 Å². The molecule has 2 aromatic rings. The molecule has 0 bridgehead atoms. The first-order valence-corrected chi connectivity index (χ1v) is 6.57. The molecule has 0 radical (unpaired) electrons. The van der Waals surface area contributed by atoms with Gasteiger partial charge in [-0.1, -0.05) is 39.0 Å². The van der Waals surface area contributed by atoms with Crippen molar-refractivity contribution < 1.29 is 0 Å². The van der Waals surface area contributed by atoms with Crippen molar-refractivity contribution >= 4 is 0 Å². The van der Waals surface area contributed by atoms with E-state index in [2.05, 4.69) is 56.9 Å². The summed E-state index contributed by atoms with van der Waals surface area (Å²) in [6, 6.07) is 10.8. The van der Waals surface area contributed by atoms with E-state index in [1.165, 1.54) is 11.1 Å². The van der Waals surface area contributed by atoms with Crippen LogP contribution >= 0.6 is 0 Å². The van der Waals surface area contributed by atoms with Crippen LogP contribution in [0.4, 0.5) is 0 Å². The van der Waals surface area contributed by atoms with Gasteiger partial charge in [0.1, 0.15) is 0 Å². The number of nitriles is 1. The van der Waals surface area contributed by atoms with E-state index in [9.17, 15) is 5.26 Å². The fourth-order valence-electron chi connectivity index (χ4n) is 2.26. The first-order valence-electron chi connectivity index (χ1n) is 6.57. The number of rotatable bonds is 2. The van der Waals surface area contributed by atoms with Gasteiger partial charge in [0.05, 0.1) is 12.0 Å². The van der Waals surface area contributed by atoms with Crippen LogP contribution in [0.3, 0.4) is 0 Å². The van der Waals surface area contributed by atoms with E-state index in [1.807, 2.05) is 18.5 Å². The lowest BCUT2D eigenvalue weighted by molar-refractivity contribution is 0.589. The Kier molecular flexibility index (Phi) is 3.48. The minimum Gasteiger partial charge on any atom is -0.367 e. The average Bonchev–Trinajstić information content (AvgIpc) is 2.84. The Balaban J connectivity index is 2.52. The Hall–Kier alpha value is -2.01. The van der Waals surface area contributed by atoms with Crippen LogP contribution in [0.5, 0.6) is 0 Å². The molecule has 1 aromatic heterocycles. The molecule has 1 unspecified atom stereocenters. The third-order valence-electron chi connectivity index (χ3n) is 3.54. The number of hydrogen-bond donors (Lipinski definition) is 1. The van der Waals surface area contributed by atoms with E-state index in [-0.39, 0.29) is 11.3 Å². The Bertz CT molecular complexity index is 595. The van der Waals surface area contributed by atoms with Crippen LogP contribution in [-0.2, 0) is 5.41 Å². The molecule has 0 amide bonds. The molecule has 0 aliphatic rings. The topological polar surface area (TPSA) is 39.6 Å². The lowest BCUT2D eigenvalue weighted by Gasteiger charge is -2.22. The normalized spacial score (nSPS) is 13.0. The van der Waals surface area contributed by atoms with Crippen molar-refractivity contribution in [3.8, 4) is 6.07 Å². The van der Waals surface area contributed by atoms with Crippen LogP contribution in [-0.4, -0.2) is 4.98 Å². The number of aromatic nitrogens is 1. The maximum Gasteiger partial charge on any atom is 0.0979 e. The number of aromatic amines is 1. The maximum absolute atomic E-state index is 9.51. The summed E-state index contributed by atoms with van der Waals surface area (Å²) in [5.41, 5.74) is 4.66. The van der Waals surface area contributed by atoms with Crippen molar-refractivity contribution in [2.45, 2.75) is 39.0 Å². The van der Waals surface area contributed by atoms with Gasteiger partial charge in [0.15, 0.2) is 0 Å². The van der Waals surface area contributed by atoms with E-state index in [1.54, 1.807) is 0 Å². The molecule has 0 aliphatic heterocycles. The van der Waals surface area contributed by atoms with Gasteiger partial charge in [-0.15, -0.1) is 0 Å². The highest BCUT2D eigenvalue weighted by molar-refractivity contribution is 5.44. The highest BCUT2D eigenvalue weighted by atomic mass is 14.6. The standard InChI is InChI=1S/C17H20N2/c1-12-5-6-14(17(2,3)4)9-15(12)16(10-18)13-7-8-19-11-13/h5-9,11,16,19H,1-4H3. The molecule has 1 N–H and O–H groups in total. The zero-order valence-electron chi connectivity index (χ0n) is 12.0. The van der Waals surface area contributed by atoms with Crippen molar-refractivity contribution in [2.24, 2.45) is 0 Å². The molecule has 1 aromatic carbocycles. The first kappa shape index (κ1) is 13.4. The molecule has 2 heteroatoms. The third-order valence-corrected chi connectivity index (χ3v) is 3.54. The van der Waals surface area contributed by atoms with E-state index >= 15 is 0 Å². The number of H-pyrrole nitrogens is 1. The van der Waals surface area contributed by atoms with Gasteiger partial charge in [0, 0.05) is 12.4 Å². The molecule has 0 saturated heterocycles. The Morgan fingerprint density at radius 3 is 2.47 bits per heavy atom. The minimum absolute atomic E-state index is 0.0978. The van der Waals surface area contributed by atoms with Gasteiger partial charge >= 0.3 is 0 Å². The van der Waals surface area contributed by atoms with Crippen molar-refractivity contribution in [3.63, 3.8) is 0 Å². The van der Waals surface area contributed by atoms with Gasteiger partial charge in [-0.2, -0.15) is 5.26 Å². The number of benzene rings is 1. The highest BCUT2D eigenvalue weighted by Gasteiger charge is 2.20. The van der Waals surface area contributed by atoms with E-state index in [4.69, 9.17) is 0 Å². The molecule has 2 nitrogen and oxygen atoms in total. The molecule has 1 atom stereocenters. The second kappa shape index (κ2) is 4.93. The molecule has 98 valence electrons. The van der Waals surface area contributed by atoms with Crippen molar-refractivity contribution in [2.75, 3.05) is 0 Å². The van der Waals surface area contributed by atoms with Crippen LogP contribution in [0.15, 0.2) is 36.7 Å². The Morgan fingerprint density at radius 1 is 1.21 bits per heavy atom. The number of hydrogen-bond acceptors (Lipinski definition) is 1. The first-order chi connectivity index (χ1) is 8.93. The smallest absolute Gasteiger partial charge is 0.0979 e. The molecule has 19 heavy (non-hydrogen) atoms. The van der Waals surface area contributed by atoms with Crippen molar-refractivity contribution in [1.29, 1.82) is 5.26 Å². The fraction of sp³-hybridized carbons (Fsp3) is 0.353. The summed E-state index contributed by atoms with van der Waals surface area (Å²) >= 11 is 0. The van der Waals surface area contributed by atoms with Crippen molar-refractivity contribution in [3.05, 3.63) is 58.9 Å². The molecule has 0 aliphatic carbocycles. The summed E-state index contributed by atoms with van der Waals surface area (Å²) in [6.07, 6.45) is 3.76. The van der Waals surface area contributed by atoms with Crippen LogP contribution in [0.2, 0.25) is 0 Å². The third kappa shape index (κ3) is 2.71. The summed E-state index contributed by atoms with van der Waals surface area (Å²) in [5, 5.41) is 9.51. The van der Waals surface area contributed by atoms with Crippen molar-refractivity contribution in [1.82, 2.24) is 4.98 Å². The summed E-state index contributed by atoms with van der Waals surface area (Å²) in [6.45, 7) is 8.65. The Morgan fingerprint density at radius 2 is 1.95 bits per heavy atom. The molecule has 2 rings (SSSR count). The summed E-state index contributed by atoms with van der Waals surface area (Å²) in [7, 11) is 0. The second-order valence-corrected chi connectivity index (χ2v) is 6.03. The lowest BCUT2D eigenvalue weighted by atomic mass is 9.82. The molecular weight excluding hydrogens is 232 g/mol. The van der Waals surface area contributed by atoms with E-state index < -0.39 is 0 Å². The van der Waals surface area contributed by atoms with E-state index in [0.29, 0.717) is 0 Å². The lowest BCUT2D eigenvalue weighted by Crippen LogP contribution is -2.12. The summed E-state index contributed by atoms with van der Waals surface area (Å²) < 4.78 is 0. The molecule has 0 fully saturated rings. The SMILES string of the molecule is Cc1ccc(C(C)(C)C)cc1C(C#N)c1cc[nH]c1. The average molecular weight is 252 g/mol. The highest BCUT2D eigenvalue weighted by Crippen LogP contribution is 2.31. The summed E-state index contributed by atoms with van der Waals surface area (Å²) in [4.78, 5) is 3.03. The predicted molar refractivity (Wildman–Crippen MR) is 78.1 cm³/mol. The molecule has 0 spiro atoms. The van der Waals surface area contributed by atoms with Crippen LogP contribution < -0.4 is 0 Å². The molecule has 0 saturated carbocycles. The van der Waals surface area contributed by atoms with Gasteiger partial charge in [-0.05, 0) is 40.7 Å². The second-order valence-electron chi connectivity index (χ2n) is 6.03. The quantitative estimate of drug-likeness (QED) is 0.851. The van der Waals surface area contributed by atoms with E-state index in [0.717, 1.165) is 11.1 Å². The minimum atomic E-state index is -0.200. The number of nitrogens with one attached hydrogen (secondary N) is 1. The summed E-state index contributed by atoms with van der Waals surface area (Å²) in [5.74, 6) is -0.200. The number of aryl methyl sites for hydroxylation is 1. The fourth-order valence-corrected chi connectivity index (χ4v) is 2.26. The number of nitrogens with zero attached hydrogens (tertiary/aromatic N) is 1. The predicted octanol–water partition coefficient (Wildman–Crippen LogP) is 4.28.